The molecule has 3 heteroatoms. The number of methoxy groups -OCH3 is 1. The normalized spacial score (nSPS) is 25.5. The van der Waals surface area contributed by atoms with Gasteiger partial charge < -0.3 is 9.47 Å². The van der Waals surface area contributed by atoms with Crippen LogP contribution in [0.2, 0.25) is 0 Å². The molecule has 1 fully saturated rings. The lowest BCUT2D eigenvalue weighted by molar-refractivity contribution is 0.172. The monoisotopic (exact) mass is 162 g/mol. The van der Waals surface area contributed by atoms with E-state index in [0.717, 1.165) is 19.0 Å². The molecular formula is C7H14O2S. The summed E-state index contributed by atoms with van der Waals surface area (Å²) in [5.74, 6) is 1.06. The quantitative estimate of drug-likeness (QED) is 0.584. The summed E-state index contributed by atoms with van der Waals surface area (Å²) in [5, 5.41) is 0. The molecule has 0 amide bonds. The van der Waals surface area contributed by atoms with Gasteiger partial charge in [-0.25, -0.2) is 0 Å². The highest BCUT2D eigenvalue weighted by Gasteiger charge is 2.14. The van der Waals surface area contributed by atoms with Gasteiger partial charge in [0.25, 0.3) is 0 Å². The fraction of sp³-hybridized carbons (Fsp3) is 1.00. The third kappa shape index (κ3) is 2.90. The molecule has 1 heterocycles. The second-order valence-corrected chi connectivity index (χ2v) is 3.57. The Bertz CT molecular complexity index is 81.7. The molecule has 1 atom stereocenters. The van der Waals surface area contributed by atoms with Crippen LogP contribution in [0.15, 0.2) is 0 Å². The molecule has 1 aliphatic heterocycles. The largest absolute Gasteiger partial charge is 0.384 e. The van der Waals surface area contributed by atoms with Crippen molar-refractivity contribution in [1.29, 1.82) is 0 Å². The molecule has 0 saturated carbocycles. The molecule has 0 aromatic heterocycles. The van der Waals surface area contributed by atoms with Crippen LogP contribution >= 0.6 is 11.8 Å². The Hall–Kier alpha value is 0.270. The molecule has 1 unspecified atom stereocenters. The van der Waals surface area contributed by atoms with Crippen molar-refractivity contribution in [2.75, 3.05) is 26.1 Å². The van der Waals surface area contributed by atoms with E-state index in [1.807, 2.05) is 11.8 Å². The van der Waals surface area contributed by atoms with Gasteiger partial charge in [0.2, 0.25) is 0 Å². The SMILES string of the molecule is COCCSC1CCCO1. The third-order valence-electron chi connectivity index (χ3n) is 1.48. The van der Waals surface area contributed by atoms with Crippen molar-refractivity contribution in [3.05, 3.63) is 0 Å². The van der Waals surface area contributed by atoms with Crippen LogP contribution in [0.4, 0.5) is 0 Å². The van der Waals surface area contributed by atoms with Gasteiger partial charge in [0, 0.05) is 19.5 Å². The molecule has 1 rings (SSSR count). The van der Waals surface area contributed by atoms with Crippen LogP contribution < -0.4 is 0 Å². The molecule has 0 radical (unpaired) electrons. The summed E-state index contributed by atoms with van der Waals surface area (Å²) in [7, 11) is 1.73. The Morgan fingerprint density at radius 3 is 3.20 bits per heavy atom. The van der Waals surface area contributed by atoms with E-state index in [9.17, 15) is 0 Å². The molecule has 0 bridgehead atoms. The third-order valence-corrected chi connectivity index (χ3v) is 2.63. The second-order valence-electron chi connectivity index (χ2n) is 2.31. The van der Waals surface area contributed by atoms with Crippen molar-refractivity contribution >= 4 is 11.8 Å². The van der Waals surface area contributed by atoms with Gasteiger partial charge in [-0.2, -0.15) is 0 Å². The van der Waals surface area contributed by atoms with E-state index in [0.29, 0.717) is 5.44 Å². The molecule has 2 nitrogen and oxygen atoms in total. The van der Waals surface area contributed by atoms with Gasteiger partial charge in [0.15, 0.2) is 0 Å². The molecule has 1 aliphatic rings. The van der Waals surface area contributed by atoms with Crippen LogP contribution in [0, 0.1) is 0 Å². The van der Waals surface area contributed by atoms with E-state index in [1.165, 1.54) is 12.8 Å². The molecule has 0 spiro atoms. The molecule has 0 N–H and O–H groups in total. The Morgan fingerprint density at radius 1 is 1.70 bits per heavy atom. The lowest BCUT2D eigenvalue weighted by Gasteiger charge is -2.06. The zero-order chi connectivity index (χ0) is 7.23. The maximum Gasteiger partial charge on any atom is 0.103 e. The molecule has 60 valence electrons. The first kappa shape index (κ1) is 8.37. The topological polar surface area (TPSA) is 18.5 Å². The van der Waals surface area contributed by atoms with Gasteiger partial charge >= 0.3 is 0 Å². The van der Waals surface area contributed by atoms with Crippen molar-refractivity contribution in [2.24, 2.45) is 0 Å². The predicted molar refractivity (Wildman–Crippen MR) is 43.3 cm³/mol. The van der Waals surface area contributed by atoms with E-state index in [-0.39, 0.29) is 0 Å². The van der Waals surface area contributed by atoms with Crippen LogP contribution in [0.5, 0.6) is 0 Å². The Balaban J connectivity index is 1.91. The van der Waals surface area contributed by atoms with Crippen molar-refractivity contribution in [3.63, 3.8) is 0 Å². The average Bonchev–Trinajstić information content (AvgIpc) is 2.41. The molecule has 0 aromatic rings. The van der Waals surface area contributed by atoms with E-state index >= 15 is 0 Å². The highest BCUT2D eigenvalue weighted by Crippen LogP contribution is 2.22. The summed E-state index contributed by atoms with van der Waals surface area (Å²) in [5.41, 5.74) is 0.454. The molecule has 0 aromatic carbocycles. The summed E-state index contributed by atoms with van der Waals surface area (Å²) in [6.45, 7) is 1.79. The van der Waals surface area contributed by atoms with Gasteiger partial charge in [-0.15, -0.1) is 11.8 Å². The minimum atomic E-state index is 0.454. The maximum atomic E-state index is 5.41. The van der Waals surface area contributed by atoms with E-state index in [1.54, 1.807) is 7.11 Å². The Kier molecular flexibility index (Phi) is 4.18. The first-order valence-electron chi connectivity index (χ1n) is 3.65. The zero-order valence-electron chi connectivity index (χ0n) is 6.34. The van der Waals surface area contributed by atoms with Gasteiger partial charge in [-0.05, 0) is 12.8 Å². The van der Waals surface area contributed by atoms with Crippen LogP contribution in [0.1, 0.15) is 12.8 Å². The Labute approximate surface area is 66.3 Å². The predicted octanol–water partition coefficient (Wildman–Crippen LogP) is 1.50. The van der Waals surface area contributed by atoms with Gasteiger partial charge in [-0.1, -0.05) is 0 Å². The average molecular weight is 162 g/mol. The minimum Gasteiger partial charge on any atom is -0.384 e. The number of rotatable bonds is 4. The number of hydrogen-bond acceptors (Lipinski definition) is 3. The van der Waals surface area contributed by atoms with E-state index in [2.05, 4.69) is 0 Å². The summed E-state index contributed by atoms with van der Waals surface area (Å²) < 4.78 is 10.3. The smallest absolute Gasteiger partial charge is 0.103 e. The number of hydrogen-bond donors (Lipinski definition) is 0. The van der Waals surface area contributed by atoms with E-state index < -0.39 is 0 Å². The molecule has 0 aliphatic carbocycles. The van der Waals surface area contributed by atoms with Crippen LogP contribution in [0.25, 0.3) is 0 Å². The van der Waals surface area contributed by atoms with Crippen molar-refractivity contribution < 1.29 is 9.47 Å². The van der Waals surface area contributed by atoms with Crippen LogP contribution in [-0.2, 0) is 9.47 Å². The molecule has 1 saturated heterocycles. The summed E-state index contributed by atoms with van der Waals surface area (Å²) in [6, 6.07) is 0. The number of thioether (sulfide) groups is 1. The Morgan fingerprint density at radius 2 is 2.60 bits per heavy atom. The highest BCUT2D eigenvalue weighted by atomic mass is 32.2. The fourth-order valence-electron chi connectivity index (χ4n) is 0.942. The van der Waals surface area contributed by atoms with Crippen molar-refractivity contribution in [2.45, 2.75) is 18.3 Å². The van der Waals surface area contributed by atoms with Gasteiger partial charge in [0.1, 0.15) is 5.44 Å². The van der Waals surface area contributed by atoms with Gasteiger partial charge in [-0.3, -0.25) is 0 Å². The first-order valence-corrected chi connectivity index (χ1v) is 4.70. The van der Waals surface area contributed by atoms with Crippen LogP contribution in [-0.4, -0.2) is 31.5 Å². The summed E-state index contributed by atoms with van der Waals surface area (Å²) in [6.07, 6.45) is 2.44. The van der Waals surface area contributed by atoms with Gasteiger partial charge in [0.05, 0.1) is 6.61 Å². The van der Waals surface area contributed by atoms with Crippen molar-refractivity contribution in [1.82, 2.24) is 0 Å². The minimum absolute atomic E-state index is 0.454. The molecule has 10 heavy (non-hydrogen) atoms. The fourth-order valence-corrected chi connectivity index (χ4v) is 1.99. The first-order chi connectivity index (χ1) is 4.93. The van der Waals surface area contributed by atoms with E-state index in [4.69, 9.17) is 9.47 Å². The lowest BCUT2D eigenvalue weighted by Crippen LogP contribution is -2.02. The zero-order valence-corrected chi connectivity index (χ0v) is 7.15. The lowest BCUT2D eigenvalue weighted by atomic mass is 10.4. The highest BCUT2D eigenvalue weighted by molar-refractivity contribution is 7.99. The molecular weight excluding hydrogens is 148 g/mol. The summed E-state index contributed by atoms with van der Waals surface area (Å²) in [4.78, 5) is 0. The standard InChI is InChI=1S/C7H14O2S/c1-8-5-6-10-7-3-2-4-9-7/h7H,2-6H2,1H3. The number of ether oxygens (including phenoxy) is 2. The summed E-state index contributed by atoms with van der Waals surface area (Å²) >= 11 is 1.86. The maximum absolute atomic E-state index is 5.41. The van der Waals surface area contributed by atoms with Crippen molar-refractivity contribution in [3.8, 4) is 0 Å². The second kappa shape index (κ2) is 4.99. The van der Waals surface area contributed by atoms with Crippen LogP contribution in [0.3, 0.4) is 0 Å².